The molecule has 0 spiro atoms. The van der Waals surface area contributed by atoms with Crippen LogP contribution >= 0.6 is 11.8 Å². The minimum atomic E-state index is 0.145. The largest absolute Gasteiger partial charge is 0.370 e. The highest BCUT2D eigenvalue weighted by Gasteiger charge is 2.20. The van der Waals surface area contributed by atoms with Crippen LogP contribution in [0.15, 0.2) is 60.0 Å². The summed E-state index contributed by atoms with van der Waals surface area (Å²) in [5, 5.41) is 9.82. The lowest BCUT2D eigenvalue weighted by Gasteiger charge is -2.23. The number of nitrogens with zero attached hydrogens (tertiary/aromatic N) is 5. The van der Waals surface area contributed by atoms with Crippen LogP contribution < -0.4 is 4.90 Å². The lowest BCUT2D eigenvalue weighted by atomic mass is 10.1. The molecule has 32 heavy (non-hydrogen) atoms. The molecule has 0 N–H and O–H groups in total. The summed E-state index contributed by atoms with van der Waals surface area (Å²) in [6, 6.07) is 16.2. The predicted octanol–water partition coefficient (Wildman–Crippen LogP) is 4.19. The van der Waals surface area contributed by atoms with Crippen molar-refractivity contribution in [3.8, 4) is 11.8 Å². The zero-order chi connectivity index (χ0) is 22.5. The number of benzene rings is 2. The van der Waals surface area contributed by atoms with Gasteiger partial charge in [0.2, 0.25) is 5.91 Å². The lowest BCUT2D eigenvalue weighted by Crippen LogP contribution is -2.36. The molecule has 164 valence electrons. The van der Waals surface area contributed by atoms with Crippen molar-refractivity contribution in [1.29, 1.82) is 5.26 Å². The molecule has 0 aliphatic carbocycles. The number of nitriles is 1. The Hall–Kier alpha value is -3.24. The number of carbonyl (C=O) groups is 1. The van der Waals surface area contributed by atoms with Crippen LogP contribution in [0.25, 0.3) is 5.69 Å². The molecule has 0 radical (unpaired) electrons. The summed E-state index contributed by atoms with van der Waals surface area (Å²) in [7, 11) is 0. The van der Waals surface area contributed by atoms with E-state index in [0.717, 1.165) is 42.6 Å². The molecule has 0 bridgehead atoms. The van der Waals surface area contributed by atoms with Crippen molar-refractivity contribution in [2.75, 3.05) is 36.8 Å². The number of rotatable bonds is 5. The molecule has 1 fully saturated rings. The third-order valence-electron chi connectivity index (χ3n) is 5.63. The molecule has 3 aromatic rings. The van der Waals surface area contributed by atoms with Gasteiger partial charge in [0.25, 0.3) is 0 Å². The van der Waals surface area contributed by atoms with Gasteiger partial charge in [0.15, 0.2) is 5.16 Å². The molecule has 1 amide bonds. The first-order valence-corrected chi connectivity index (χ1v) is 11.8. The summed E-state index contributed by atoms with van der Waals surface area (Å²) in [6.45, 7) is 7.33. The van der Waals surface area contributed by atoms with E-state index in [4.69, 9.17) is 5.26 Å². The van der Waals surface area contributed by atoms with Gasteiger partial charge in [-0.3, -0.25) is 9.36 Å². The van der Waals surface area contributed by atoms with Crippen LogP contribution in [0.1, 0.15) is 23.1 Å². The number of amides is 1. The van der Waals surface area contributed by atoms with Gasteiger partial charge in [0.05, 0.1) is 17.4 Å². The van der Waals surface area contributed by atoms with Crippen LogP contribution in [0.5, 0.6) is 0 Å². The SMILES string of the molecule is Cc1cc(C)cc(-n2ccnc2SCC(=O)N2CCCN(c3ccc(C#N)cc3)CC2)c1. The molecule has 1 aliphatic rings. The van der Waals surface area contributed by atoms with Crippen LogP contribution in [0.2, 0.25) is 0 Å². The van der Waals surface area contributed by atoms with Crippen molar-refractivity contribution in [3.63, 3.8) is 0 Å². The molecule has 1 aromatic heterocycles. The number of carbonyl (C=O) groups excluding carboxylic acids is 1. The van der Waals surface area contributed by atoms with Crippen molar-refractivity contribution in [1.82, 2.24) is 14.5 Å². The number of hydrogen-bond acceptors (Lipinski definition) is 5. The molecule has 0 atom stereocenters. The molecule has 1 aliphatic heterocycles. The van der Waals surface area contributed by atoms with Crippen molar-refractivity contribution in [3.05, 3.63) is 71.5 Å². The number of anilines is 1. The Bertz CT molecular complexity index is 1110. The fraction of sp³-hybridized carbons (Fsp3) is 0.320. The maximum absolute atomic E-state index is 12.9. The number of hydrogen-bond donors (Lipinski definition) is 0. The van der Waals surface area contributed by atoms with Gasteiger partial charge in [-0.25, -0.2) is 4.98 Å². The molecule has 2 heterocycles. The Kier molecular flexibility index (Phi) is 6.81. The average molecular weight is 446 g/mol. The van der Waals surface area contributed by atoms with E-state index in [1.165, 1.54) is 22.9 Å². The summed E-state index contributed by atoms with van der Waals surface area (Å²) in [5.41, 5.74) is 5.25. The third kappa shape index (κ3) is 5.14. The summed E-state index contributed by atoms with van der Waals surface area (Å²) in [6.07, 6.45) is 4.65. The van der Waals surface area contributed by atoms with Crippen LogP contribution in [-0.4, -0.2) is 52.3 Å². The third-order valence-corrected chi connectivity index (χ3v) is 6.58. The fourth-order valence-corrected chi connectivity index (χ4v) is 4.95. The zero-order valence-electron chi connectivity index (χ0n) is 18.5. The van der Waals surface area contributed by atoms with E-state index >= 15 is 0 Å². The standard InChI is InChI=1S/C25H27N5OS/c1-19-14-20(2)16-23(15-19)30-11-8-27-25(30)32-18-24(31)29-10-3-9-28(12-13-29)22-6-4-21(17-26)5-7-22/h4-8,11,14-16H,3,9-10,12-13,18H2,1-2H3. The molecule has 4 rings (SSSR count). The minimum Gasteiger partial charge on any atom is -0.370 e. The molecule has 0 saturated carbocycles. The monoisotopic (exact) mass is 445 g/mol. The van der Waals surface area contributed by atoms with Crippen LogP contribution in [0.4, 0.5) is 5.69 Å². The van der Waals surface area contributed by atoms with Crippen molar-refractivity contribution in [2.45, 2.75) is 25.4 Å². The van der Waals surface area contributed by atoms with Gasteiger partial charge in [0, 0.05) is 49.9 Å². The second kappa shape index (κ2) is 9.92. The second-order valence-corrected chi connectivity index (χ2v) is 9.04. The summed E-state index contributed by atoms with van der Waals surface area (Å²) < 4.78 is 2.05. The van der Waals surface area contributed by atoms with E-state index in [-0.39, 0.29) is 5.91 Å². The second-order valence-electron chi connectivity index (χ2n) is 8.09. The predicted molar refractivity (Wildman–Crippen MR) is 128 cm³/mol. The normalized spacial score (nSPS) is 14.2. The van der Waals surface area contributed by atoms with E-state index < -0.39 is 0 Å². The molecule has 1 saturated heterocycles. The van der Waals surface area contributed by atoms with E-state index in [1.54, 1.807) is 6.20 Å². The fourth-order valence-electron chi connectivity index (χ4n) is 4.07. The topological polar surface area (TPSA) is 65.2 Å². The van der Waals surface area contributed by atoms with E-state index in [2.05, 4.69) is 48.0 Å². The molecular weight excluding hydrogens is 418 g/mol. The first-order valence-electron chi connectivity index (χ1n) is 10.8. The molecule has 7 heteroatoms. The first kappa shape index (κ1) is 22.0. The molecule has 6 nitrogen and oxygen atoms in total. The first-order chi connectivity index (χ1) is 15.5. The van der Waals surface area contributed by atoms with Gasteiger partial charge in [0.1, 0.15) is 0 Å². The van der Waals surface area contributed by atoms with Crippen LogP contribution in [-0.2, 0) is 4.79 Å². The molecular formula is C25H27N5OS. The average Bonchev–Trinajstić information content (AvgIpc) is 3.12. The van der Waals surface area contributed by atoms with Gasteiger partial charge in [-0.2, -0.15) is 5.26 Å². The Labute approximate surface area is 193 Å². The minimum absolute atomic E-state index is 0.145. The Morgan fingerprint density at radius 1 is 1.03 bits per heavy atom. The van der Waals surface area contributed by atoms with E-state index in [0.29, 0.717) is 17.9 Å². The highest BCUT2D eigenvalue weighted by Crippen LogP contribution is 2.23. The number of aromatic nitrogens is 2. The molecule has 0 unspecified atom stereocenters. The number of aryl methyl sites for hydroxylation is 2. The maximum Gasteiger partial charge on any atom is 0.233 e. The smallest absolute Gasteiger partial charge is 0.233 e. The van der Waals surface area contributed by atoms with Crippen molar-refractivity contribution < 1.29 is 4.79 Å². The van der Waals surface area contributed by atoms with E-state index in [9.17, 15) is 4.79 Å². The highest BCUT2D eigenvalue weighted by atomic mass is 32.2. The van der Waals surface area contributed by atoms with Gasteiger partial charge in [-0.1, -0.05) is 17.8 Å². The van der Waals surface area contributed by atoms with Crippen LogP contribution in [0.3, 0.4) is 0 Å². The van der Waals surface area contributed by atoms with Crippen molar-refractivity contribution >= 4 is 23.4 Å². The number of thioether (sulfide) groups is 1. The highest BCUT2D eigenvalue weighted by molar-refractivity contribution is 7.99. The maximum atomic E-state index is 12.9. The Morgan fingerprint density at radius 2 is 1.78 bits per heavy atom. The van der Waals surface area contributed by atoms with Gasteiger partial charge in [-0.15, -0.1) is 0 Å². The zero-order valence-corrected chi connectivity index (χ0v) is 19.3. The molecule has 2 aromatic carbocycles. The summed E-state index contributed by atoms with van der Waals surface area (Å²) in [5.74, 6) is 0.519. The van der Waals surface area contributed by atoms with Gasteiger partial charge in [-0.05, 0) is 67.8 Å². The van der Waals surface area contributed by atoms with Crippen molar-refractivity contribution in [2.24, 2.45) is 0 Å². The van der Waals surface area contributed by atoms with Crippen LogP contribution in [0, 0.1) is 25.2 Å². The van der Waals surface area contributed by atoms with Gasteiger partial charge < -0.3 is 9.80 Å². The van der Waals surface area contributed by atoms with Gasteiger partial charge >= 0.3 is 0 Å². The number of imidazole rings is 1. The Balaban J connectivity index is 1.36. The Morgan fingerprint density at radius 3 is 2.50 bits per heavy atom. The summed E-state index contributed by atoms with van der Waals surface area (Å²) >= 11 is 1.49. The quantitative estimate of drug-likeness (QED) is 0.551. The summed E-state index contributed by atoms with van der Waals surface area (Å²) in [4.78, 5) is 21.7. The van der Waals surface area contributed by atoms with E-state index in [1.807, 2.05) is 39.9 Å². The lowest BCUT2D eigenvalue weighted by molar-refractivity contribution is -0.128.